The standard InChI is InChI=1S/C13H24N2O4/c1-2-5-11(12(16)17)15-13(18)14-8-9-19-10-6-3-4-7-10/h10-11H,2-9H2,1H3,(H,16,17)(H2,14,15,18). The van der Waals surface area contributed by atoms with E-state index in [0.29, 0.717) is 32.1 Å². The van der Waals surface area contributed by atoms with Crippen LogP contribution < -0.4 is 10.6 Å². The minimum Gasteiger partial charge on any atom is -0.480 e. The predicted molar refractivity (Wildman–Crippen MR) is 71.1 cm³/mol. The summed E-state index contributed by atoms with van der Waals surface area (Å²) in [6.45, 7) is 2.76. The van der Waals surface area contributed by atoms with Crippen LogP contribution in [0.3, 0.4) is 0 Å². The summed E-state index contributed by atoms with van der Waals surface area (Å²) in [5, 5.41) is 14.0. The molecular formula is C13H24N2O4. The highest BCUT2D eigenvalue weighted by atomic mass is 16.5. The average Bonchev–Trinajstić information content (AvgIpc) is 2.87. The van der Waals surface area contributed by atoms with Crippen LogP contribution in [0.15, 0.2) is 0 Å². The SMILES string of the molecule is CCCC(NC(=O)NCCOC1CCCC1)C(=O)O. The fourth-order valence-corrected chi connectivity index (χ4v) is 2.20. The van der Waals surface area contributed by atoms with Crippen molar-refractivity contribution in [3.05, 3.63) is 0 Å². The third kappa shape index (κ3) is 6.42. The lowest BCUT2D eigenvalue weighted by Crippen LogP contribution is -2.46. The average molecular weight is 272 g/mol. The molecule has 0 radical (unpaired) electrons. The number of carboxylic acid groups (broad SMARTS) is 1. The third-order valence-corrected chi connectivity index (χ3v) is 3.22. The molecule has 2 amide bonds. The minimum absolute atomic E-state index is 0.330. The van der Waals surface area contributed by atoms with Gasteiger partial charge in [0.05, 0.1) is 12.7 Å². The van der Waals surface area contributed by atoms with Crippen LogP contribution in [0.4, 0.5) is 4.79 Å². The van der Waals surface area contributed by atoms with Crippen molar-refractivity contribution < 1.29 is 19.4 Å². The van der Waals surface area contributed by atoms with Gasteiger partial charge >= 0.3 is 12.0 Å². The van der Waals surface area contributed by atoms with Crippen LogP contribution in [0.5, 0.6) is 0 Å². The Bertz CT molecular complexity index is 290. The molecule has 1 aliphatic rings. The number of ether oxygens (including phenoxy) is 1. The summed E-state index contributed by atoms with van der Waals surface area (Å²) in [6, 6.07) is -1.27. The van der Waals surface area contributed by atoms with E-state index in [-0.39, 0.29) is 0 Å². The number of carbonyl (C=O) groups excluding carboxylic acids is 1. The van der Waals surface area contributed by atoms with Crippen molar-refractivity contribution in [2.45, 2.75) is 57.6 Å². The Morgan fingerprint density at radius 2 is 2.05 bits per heavy atom. The van der Waals surface area contributed by atoms with E-state index < -0.39 is 18.0 Å². The van der Waals surface area contributed by atoms with Crippen LogP contribution in [0, 0.1) is 0 Å². The molecule has 0 heterocycles. The number of carbonyl (C=O) groups is 2. The van der Waals surface area contributed by atoms with E-state index in [2.05, 4.69) is 10.6 Å². The van der Waals surface area contributed by atoms with E-state index in [1.807, 2.05) is 6.92 Å². The number of hydrogen-bond donors (Lipinski definition) is 3. The fourth-order valence-electron chi connectivity index (χ4n) is 2.20. The Morgan fingerprint density at radius 3 is 2.63 bits per heavy atom. The predicted octanol–water partition coefficient (Wildman–Crippen LogP) is 1.50. The Hall–Kier alpha value is -1.30. The van der Waals surface area contributed by atoms with Crippen molar-refractivity contribution in [1.29, 1.82) is 0 Å². The number of amides is 2. The number of hydrogen-bond acceptors (Lipinski definition) is 3. The van der Waals surface area contributed by atoms with Crippen molar-refractivity contribution in [3.63, 3.8) is 0 Å². The molecule has 0 aromatic carbocycles. The molecule has 0 saturated heterocycles. The van der Waals surface area contributed by atoms with Crippen LogP contribution in [-0.4, -0.2) is 42.4 Å². The first-order valence-electron chi connectivity index (χ1n) is 7.02. The van der Waals surface area contributed by atoms with E-state index >= 15 is 0 Å². The van der Waals surface area contributed by atoms with E-state index in [9.17, 15) is 9.59 Å². The lowest BCUT2D eigenvalue weighted by molar-refractivity contribution is -0.139. The van der Waals surface area contributed by atoms with Gasteiger partial charge in [-0.15, -0.1) is 0 Å². The minimum atomic E-state index is -1.00. The Balaban J connectivity index is 2.10. The summed E-state index contributed by atoms with van der Waals surface area (Å²) < 4.78 is 5.59. The monoisotopic (exact) mass is 272 g/mol. The van der Waals surface area contributed by atoms with Crippen molar-refractivity contribution in [1.82, 2.24) is 10.6 Å². The van der Waals surface area contributed by atoms with Crippen LogP contribution in [0.25, 0.3) is 0 Å². The number of nitrogens with one attached hydrogen (secondary N) is 2. The van der Waals surface area contributed by atoms with Gasteiger partial charge in [0.2, 0.25) is 0 Å². The summed E-state index contributed by atoms with van der Waals surface area (Å²) >= 11 is 0. The summed E-state index contributed by atoms with van der Waals surface area (Å²) in [7, 11) is 0. The molecule has 1 aliphatic carbocycles. The smallest absolute Gasteiger partial charge is 0.326 e. The molecule has 1 saturated carbocycles. The van der Waals surface area contributed by atoms with Gasteiger partial charge in [0.25, 0.3) is 0 Å². The molecule has 19 heavy (non-hydrogen) atoms. The molecule has 0 bridgehead atoms. The lowest BCUT2D eigenvalue weighted by atomic mass is 10.2. The van der Waals surface area contributed by atoms with Gasteiger partial charge in [0.15, 0.2) is 0 Å². The molecule has 1 rings (SSSR count). The highest BCUT2D eigenvalue weighted by Crippen LogP contribution is 2.20. The van der Waals surface area contributed by atoms with Gasteiger partial charge in [-0.1, -0.05) is 26.2 Å². The topological polar surface area (TPSA) is 87.7 Å². The second-order valence-electron chi connectivity index (χ2n) is 4.86. The second kappa shape index (κ2) is 8.74. The molecule has 110 valence electrons. The van der Waals surface area contributed by atoms with E-state index in [1.165, 1.54) is 12.8 Å². The molecular weight excluding hydrogens is 248 g/mol. The fraction of sp³-hybridized carbons (Fsp3) is 0.846. The summed E-state index contributed by atoms with van der Waals surface area (Å²) in [4.78, 5) is 22.3. The molecule has 0 aliphatic heterocycles. The second-order valence-corrected chi connectivity index (χ2v) is 4.86. The van der Waals surface area contributed by atoms with E-state index in [4.69, 9.17) is 9.84 Å². The molecule has 0 aromatic rings. The first kappa shape index (κ1) is 15.8. The molecule has 6 heteroatoms. The maximum absolute atomic E-state index is 11.5. The van der Waals surface area contributed by atoms with E-state index in [1.54, 1.807) is 0 Å². The van der Waals surface area contributed by atoms with Gasteiger partial charge in [-0.2, -0.15) is 0 Å². The third-order valence-electron chi connectivity index (χ3n) is 3.22. The number of urea groups is 1. The highest BCUT2D eigenvalue weighted by molar-refractivity contribution is 5.82. The van der Waals surface area contributed by atoms with Gasteiger partial charge in [-0.3, -0.25) is 0 Å². The van der Waals surface area contributed by atoms with Crippen LogP contribution in [0.2, 0.25) is 0 Å². The Labute approximate surface area is 113 Å². The summed E-state index contributed by atoms with van der Waals surface area (Å²) in [6.07, 6.45) is 6.11. The van der Waals surface area contributed by atoms with Crippen molar-refractivity contribution in [2.75, 3.05) is 13.2 Å². The maximum atomic E-state index is 11.5. The van der Waals surface area contributed by atoms with Crippen LogP contribution in [-0.2, 0) is 9.53 Å². The van der Waals surface area contributed by atoms with Gasteiger partial charge < -0.3 is 20.5 Å². The summed E-state index contributed by atoms with van der Waals surface area (Å²) in [5.41, 5.74) is 0. The van der Waals surface area contributed by atoms with Gasteiger partial charge in [-0.25, -0.2) is 9.59 Å². The zero-order valence-electron chi connectivity index (χ0n) is 11.5. The molecule has 1 atom stereocenters. The first-order valence-corrected chi connectivity index (χ1v) is 7.02. The first-order chi connectivity index (χ1) is 9.13. The highest BCUT2D eigenvalue weighted by Gasteiger charge is 2.18. The Kier molecular flexibility index (Phi) is 7.25. The molecule has 6 nitrogen and oxygen atoms in total. The van der Waals surface area contributed by atoms with Gasteiger partial charge in [-0.05, 0) is 19.3 Å². The van der Waals surface area contributed by atoms with E-state index in [0.717, 1.165) is 12.8 Å². The van der Waals surface area contributed by atoms with Crippen molar-refractivity contribution in [3.8, 4) is 0 Å². The molecule has 3 N–H and O–H groups in total. The number of carboxylic acids is 1. The van der Waals surface area contributed by atoms with Gasteiger partial charge in [0.1, 0.15) is 6.04 Å². The lowest BCUT2D eigenvalue weighted by Gasteiger charge is -2.15. The zero-order valence-corrected chi connectivity index (χ0v) is 11.5. The van der Waals surface area contributed by atoms with Crippen LogP contribution >= 0.6 is 0 Å². The van der Waals surface area contributed by atoms with Crippen LogP contribution in [0.1, 0.15) is 45.4 Å². The number of aliphatic carboxylic acids is 1. The quantitative estimate of drug-likeness (QED) is 0.584. The van der Waals surface area contributed by atoms with Crippen molar-refractivity contribution >= 4 is 12.0 Å². The van der Waals surface area contributed by atoms with Gasteiger partial charge in [0, 0.05) is 6.54 Å². The molecule has 0 spiro atoms. The molecule has 1 unspecified atom stereocenters. The number of rotatable bonds is 8. The largest absolute Gasteiger partial charge is 0.480 e. The zero-order chi connectivity index (χ0) is 14.1. The molecule has 0 aromatic heterocycles. The molecule has 1 fully saturated rings. The van der Waals surface area contributed by atoms with Crippen molar-refractivity contribution in [2.24, 2.45) is 0 Å². The normalized spacial score (nSPS) is 17.1. The summed E-state index contributed by atoms with van der Waals surface area (Å²) in [5.74, 6) is -1.00. The maximum Gasteiger partial charge on any atom is 0.326 e. The Morgan fingerprint density at radius 1 is 1.37 bits per heavy atom.